The third-order valence-corrected chi connectivity index (χ3v) is 4.61. The number of fused-ring (bicyclic) bond motifs is 1. The first-order valence-corrected chi connectivity index (χ1v) is 6.96. The van der Waals surface area contributed by atoms with E-state index in [4.69, 9.17) is 0 Å². The summed E-state index contributed by atoms with van der Waals surface area (Å²) in [6.45, 7) is 3.56. The summed E-state index contributed by atoms with van der Waals surface area (Å²) in [5.41, 5.74) is -0.785. The Labute approximate surface area is 118 Å². The average Bonchev–Trinajstić information content (AvgIpc) is 3.04. The summed E-state index contributed by atoms with van der Waals surface area (Å²) >= 11 is 0. The Bertz CT molecular complexity index is 548. The van der Waals surface area contributed by atoms with E-state index in [-0.39, 0.29) is 17.9 Å². The van der Waals surface area contributed by atoms with E-state index in [1.807, 2.05) is 6.92 Å². The Hall–Kier alpha value is -1.37. The summed E-state index contributed by atoms with van der Waals surface area (Å²) in [5.74, 6) is -9.00. The fraction of sp³-hybridized carbons (Fsp3) is 0.571. The maximum absolute atomic E-state index is 14.0. The summed E-state index contributed by atoms with van der Waals surface area (Å²) in [7, 11) is 0. The molecule has 3 unspecified atom stereocenters. The zero-order valence-electron chi connectivity index (χ0n) is 11.4. The number of anilines is 1. The molecule has 0 radical (unpaired) electrons. The van der Waals surface area contributed by atoms with Gasteiger partial charge in [-0.15, -0.1) is 0 Å². The normalized spacial score (nSPS) is 28.3. The molecule has 1 aromatic rings. The molecular formula is C14H15F5N2. The monoisotopic (exact) mass is 306 g/mol. The van der Waals surface area contributed by atoms with Crippen molar-refractivity contribution < 1.29 is 22.0 Å². The maximum Gasteiger partial charge on any atom is 0.200 e. The Morgan fingerprint density at radius 1 is 0.952 bits per heavy atom. The largest absolute Gasteiger partial charge is 0.363 e. The van der Waals surface area contributed by atoms with Crippen LogP contribution < -0.4 is 10.2 Å². The lowest BCUT2D eigenvalue weighted by atomic mass is 9.93. The van der Waals surface area contributed by atoms with Crippen LogP contribution in [0.4, 0.5) is 27.6 Å². The number of benzene rings is 1. The van der Waals surface area contributed by atoms with Crippen molar-refractivity contribution >= 4 is 5.69 Å². The number of hydrogen-bond acceptors (Lipinski definition) is 2. The Balaban J connectivity index is 2.08. The molecule has 2 fully saturated rings. The van der Waals surface area contributed by atoms with Crippen LogP contribution in [-0.4, -0.2) is 25.7 Å². The van der Waals surface area contributed by atoms with Gasteiger partial charge in [0.05, 0.1) is 0 Å². The third-order valence-electron chi connectivity index (χ3n) is 4.61. The van der Waals surface area contributed by atoms with Crippen molar-refractivity contribution in [2.75, 3.05) is 24.5 Å². The Morgan fingerprint density at radius 3 is 2.10 bits per heavy atom. The molecule has 2 aliphatic rings. The first kappa shape index (κ1) is 14.6. The quantitative estimate of drug-likeness (QED) is 0.513. The van der Waals surface area contributed by atoms with Crippen LogP contribution in [0.1, 0.15) is 13.3 Å². The molecule has 3 atom stereocenters. The minimum atomic E-state index is -2.11. The van der Waals surface area contributed by atoms with E-state index >= 15 is 0 Å². The highest BCUT2D eigenvalue weighted by Gasteiger charge is 2.45. The molecular weight excluding hydrogens is 291 g/mol. The maximum atomic E-state index is 14.0. The standard InChI is InChI=1S/C14H15F5N2/c1-2-8-7-4-20-3-6(7)5-21(8)14-12(18)10(16)9(15)11(17)13(14)19/h6-8,20H,2-5H2,1H3. The van der Waals surface area contributed by atoms with Crippen LogP contribution in [0, 0.1) is 40.9 Å². The van der Waals surface area contributed by atoms with E-state index in [1.165, 1.54) is 4.90 Å². The molecule has 116 valence electrons. The number of nitrogens with zero attached hydrogens (tertiary/aromatic N) is 1. The van der Waals surface area contributed by atoms with Crippen LogP contribution in [-0.2, 0) is 0 Å². The van der Waals surface area contributed by atoms with Gasteiger partial charge in [0.2, 0.25) is 5.82 Å². The van der Waals surface area contributed by atoms with Crippen molar-refractivity contribution in [1.82, 2.24) is 5.32 Å². The van der Waals surface area contributed by atoms with Gasteiger partial charge in [-0.1, -0.05) is 6.92 Å². The lowest BCUT2D eigenvalue weighted by molar-refractivity contribution is 0.375. The van der Waals surface area contributed by atoms with Crippen LogP contribution in [0.15, 0.2) is 0 Å². The van der Waals surface area contributed by atoms with E-state index in [2.05, 4.69) is 5.32 Å². The molecule has 1 N–H and O–H groups in total. The van der Waals surface area contributed by atoms with Gasteiger partial charge >= 0.3 is 0 Å². The number of halogens is 5. The van der Waals surface area contributed by atoms with Gasteiger partial charge in [0, 0.05) is 25.7 Å². The molecule has 0 amide bonds. The van der Waals surface area contributed by atoms with E-state index < -0.39 is 34.8 Å². The first-order chi connectivity index (χ1) is 9.97. The lowest BCUT2D eigenvalue weighted by Crippen LogP contribution is -2.36. The van der Waals surface area contributed by atoms with Gasteiger partial charge < -0.3 is 10.2 Å². The molecule has 0 saturated carbocycles. The number of nitrogens with one attached hydrogen (secondary N) is 1. The lowest BCUT2D eigenvalue weighted by Gasteiger charge is -2.29. The van der Waals surface area contributed by atoms with Crippen LogP contribution in [0.3, 0.4) is 0 Å². The van der Waals surface area contributed by atoms with Crippen LogP contribution >= 0.6 is 0 Å². The van der Waals surface area contributed by atoms with Crippen molar-refractivity contribution in [3.63, 3.8) is 0 Å². The summed E-state index contributed by atoms with van der Waals surface area (Å²) in [5, 5.41) is 3.20. The van der Waals surface area contributed by atoms with Crippen LogP contribution in [0.2, 0.25) is 0 Å². The van der Waals surface area contributed by atoms with Gasteiger partial charge in [-0.25, -0.2) is 22.0 Å². The Kier molecular flexibility index (Phi) is 3.55. The zero-order chi connectivity index (χ0) is 15.3. The van der Waals surface area contributed by atoms with Gasteiger partial charge in [0.15, 0.2) is 23.3 Å². The molecule has 0 spiro atoms. The first-order valence-electron chi connectivity index (χ1n) is 6.96. The van der Waals surface area contributed by atoms with Crippen molar-refractivity contribution in [1.29, 1.82) is 0 Å². The number of rotatable bonds is 2. The fourth-order valence-electron chi connectivity index (χ4n) is 3.65. The molecule has 2 saturated heterocycles. The number of hydrogen-bond donors (Lipinski definition) is 1. The smallest absolute Gasteiger partial charge is 0.200 e. The second-order valence-electron chi connectivity index (χ2n) is 5.63. The summed E-state index contributed by atoms with van der Waals surface area (Å²) in [4.78, 5) is 1.35. The fourth-order valence-corrected chi connectivity index (χ4v) is 3.65. The van der Waals surface area contributed by atoms with Gasteiger partial charge in [-0.3, -0.25) is 0 Å². The summed E-state index contributed by atoms with van der Waals surface area (Å²) in [6.07, 6.45) is 0.586. The molecule has 3 rings (SSSR count). The summed E-state index contributed by atoms with van der Waals surface area (Å²) in [6, 6.07) is -0.224. The van der Waals surface area contributed by atoms with Crippen molar-refractivity contribution in [3.05, 3.63) is 29.1 Å². The molecule has 0 bridgehead atoms. The minimum absolute atomic E-state index is 0.171. The highest BCUT2D eigenvalue weighted by molar-refractivity contribution is 5.53. The molecule has 2 nitrogen and oxygen atoms in total. The third kappa shape index (κ3) is 2.01. The van der Waals surface area contributed by atoms with Crippen LogP contribution in [0.5, 0.6) is 0 Å². The zero-order valence-corrected chi connectivity index (χ0v) is 11.4. The van der Waals surface area contributed by atoms with Crippen molar-refractivity contribution in [2.45, 2.75) is 19.4 Å². The molecule has 2 aliphatic heterocycles. The van der Waals surface area contributed by atoms with E-state index in [1.54, 1.807) is 0 Å². The highest BCUT2D eigenvalue weighted by atomic mass is 19.2. The summed E-state index contributed by atoms with van der Waals surface area (Å²) < 4.78 is 67.8. The second kappa shape index (κ2) is 5.12. The van der Waals surface area contributed by atoms with Gasteiger partial charge in [-0.2, -0.15) is 0 Å². The molecule has 1 aromatic carbocycles. The molecule has 2 heterocycles. The van der Waals surface area contributed by atoms with Crippen molar-refractivity contribution in [2.24, 2.45) is 11.8 Å². The van der Waals surface area contributed by atoms with E-state index in [0.717, 1.165) is 0 Å². The molecule has 7 heteroatoms. The predicted octanol–water partition coefficient (Wildman–Crippen LogP) is 2.82. The highest BCUT2D eigenvalue weighted by Crippen LogP contribution is 2.41. The molecule has 0 aliphatic carbocycles. The van der Waals surface area contributed by atoms with Crippen LogP contribution in [0.25, 0.3) is 0 Å². The van der Waals surface area contributed by atoms with E-state index in [9.17, 15) is 22.0 Å². The Morgan fingerprint density at radius 2 is 1.52 bits per heavy atom. The van der Waals surface area contributed by atoms with Gasteiger partial charge in [-0.05, 0) is 18.3 Å². The predicted molar refractivity (Wildman–Crippen MR) is 67.5 cm³/mol. The minimum Gasteiger partial charge on any atom is -0.363 e. The van der Waals surface area contributed by atoms with Crippen molar-refractivity contribution in [3.8, 4) is 0 Å². The second-order valence-corrected chi connectivity index (χ2v) is 5.63. The average molecular weight is 306 g/mol. The van der Waals surface area contributed by atoms with Gasteiger partial charge in [0.1, 0.15) is 5.69 Å². The molecule has 0 aromatic heterocycles. The molecule has 21 heavy (non-hydrogen) atoms. The topological polar surface area (TPSA) is 15.3 Å². The SMILES string of the molecule is CCC1C2CNCC2CN1c1c(F)c(F)c(F)c(F)c1F. The van der Waals surface area contributed by atoms with Gasteiger partial charge in [0.25, 0.3) is 0 Å². The van der Waals surface area contributed by atoms with E-state index in [0.29, 0.717) is 26.1 Å².